The molecule has 9 atom stereocenters. The van der Waals surface area contributed by atoms with E-state index in [9.17, 15) is 19.8 Å². The Hall–Kier alpha value is -2.28. The van der Waals surface area contributed by atoms with Gasteiger partial charge in [0.1, 0.15) is 12.2 Å². The first-order chi connectivity index (χ1) is 15.6. The van der Waals surface area contributed by atoms with Crippen molar-refractivity contribution in [3.05, 3.63) is 11.6 Å². The minimum absolute atomic E-state index is 0.101. The largest absolute Gasteiger partial charge is 0.392 e. The van der Waals surface area contributed by atoms with Crippen LogP contribution in [0.2, 0.25) is 0 Å². The number of ether oxygens (including phenoxy) is 2. The molecule has 4 aliphatic carbocycles. The molecular weight excluding hydrogens is 420 g/mol. The molecule has 0 bridgehead atoms. The lowest BCUT2D eigenvalue weighted by molar-refractivity contribution is -0.135. The van der Waals surface area contributed by atoms with E-state index in [-0.39, 0.29) is 22.7 Å². The van der Waals surface area contributed by atoms with Crippen LogP contribution in [0.25, 0.3) is 0 Å². The Morgan fingerprint density at radius 2 is 1.70 bits per heavy atom. The monoisotopic (exact) mass is 454 g/mol. The maximum absolute atomic E-state index is 11.1. The van der Waals surface area contributed by atoms with E-state index in [0.717, 1.165) is 19.3 Å². The minimum atomic E-state index is -0.571. The molecule has 4 aliphatic rings. The van der Waals surface area contributed by atoms with Gasteiger partial charge in [0.15, 0.2) is 0 Å². The van der Waals surface area contributed by atoms with Crippen LogP contribution in [-0.4, -0.2) is 34.4 Å². The van der Waals surface area contributed by atoms with Gasteiger partial charge in [0.2, 0.25) is 0 Å². The molecule has 4 rings (SSSR count). The average molecular weight is 455 g/mol. The van der Waals surface area contributed by atoms with Crippen LogP contribution in [0.3, 0.4) is 0 Å². The van der Waals surface area contributed by atoms with Gasteiger partial charge in [0.25, 0.3) is 0 Å². The van der Waals surface area contributed by atoms with Gasteiger partial charge >= 0.3 is 11.9 Å². The fraction of sp³-hybridized carbons (Fsp3) is 0.704. The summed E-state index contributed by atoms with van der Waals surface area (Å²) in [5.74, 6) is 5.84. The molecule has 0 aromatic carbocycles. The number of hydrogen-bond donors (Lipinski definition) is 2. The molecule has 3 saturated carbocycles. The van der Waals surface area contributed by atoms with E-state index in [2.05, 4.69) is 44.0 Å². The second kappa shape index (κ2) is 8.82. The van der Waals surface area contributed by atoms with E-state index in [0.29, 0.717) is 37.0 Å². The second-order valence-corrected chi connectivity index (χ2v) is 10.8. The molecule has 0 saturated heterocycles. The molecule has 0 spiro atoms. The summed E-state index contributed by atoms with van der Waals surface area (Å²) >= 11 is 0. The van der Waals surface area contributed by atoms with Crippen molar-refractivity contribution in [3.8, 4) is 24.1 Å². The van der Waals surface area contributed by atoms with Gasteiger partial charge < -0.3 is 19.7 Å². The van der Waals surface area contributed by atoms with E-state index >= 15 is 0 Å². The Balaban J connectivity index is 1.56. The number of hydrogen-bond acceptors (Lipinski definition) is 6. The van der Waals surface area contributed by atoms with Crippen molar-refractivity contribution in [2.24, 2.45) is 40.4 Å². The van der Waals surface area contributed by atoms with Crippen molar-refractivity contribution in [2.45, 2.75) is 78.4 Å². The molecule has 6 heteroatoms. The maximum atomic E-state index is 11.1. The highest BCUT2D eigenvalue weighted by Gasteiger charge is 2.61. The molecule has 4 unspecified atom stereocenters. The molecule has 33 heavy (non-hydrogen) atoms. The van der Waals surface area contributed by atoms with Gasteiger partial charge in [-0.2, -0.15) is 0 Å². The van der Waals surface area contributed by atoms with Crippen LogP contribution in [0.5, 0.6) is 0 Å². The number of allylic oxidation sites excluding steroid dienone is 2. The molecule has 6 nitrogen and oxygen atoms in total. The normalized spacial score (nSPS) is 43.2. The topological polar surface area (TPSA) is 93.1 Å². The third-order valence-electron chi connectivity index (χ3n) is 9.04. The predicted octanol–water partition coefficient (Wildman–Crippen LogP) is 3.17. The first kappa shape index (κ1) is 23.9. The van der Waals surface area contributed by atoms with Gasteiger partial charge in [0.05, 0.1) is 24.0 Å². The summed E-state index contributed by atoms with van der Waals surface area (Å²) in [5, 5.41) is 21.8. The zero-order valence-electron chi connectivity index (χ0n) is 19.9. The minimum Gasteiger partial charge on any atom is -0.392 e. The summed E-state index contributed by atoms with van der Waals surface area (Å²) in [7, 11) is 0. The number of fused-ring (bicyclic) bond motifs is 5. The van der Waals surface area contributed by atoms with Crippen molar-refractivity contribution in [1.82, 2.24) is 0 Å². The van der Waals surface area contributed by atoms with Gasteiger partial charge in [-0.15, -0.1) is 0 Å². The molecule has 178 valence electrons. The van der Waals surface area contributed by atoms with Crippen LogP contribution in [0.1, 0.15) is 66.2 Å². The van der Waals surface area contributed by atoms with Crippen LogP contribution < -0.4 is 0 Å². The fourth-order valence-corrected chi connectivity index (χ4v) is 7.47. The number of aliphatic hydroxyl groups excluding tert-OH is 2. The highest BCUT2D eigenvalue weighted by Crippen LogP contribution is 2.66. The lowest BCUT2D eigenvalue weighted by Gasteiger charge is -2.58. The smallest absolute Gasteiger partial charge is 0.316 e. The third kappa shape index (κ3) is 4.20. The average Bonchev–Trinajstić information content (AvgIpc) is 2.98. The molecule has 0 amide bonds. The van der Waals surface area contributed by atoms with E-state index in [1.807, 2.05) is 0 Å². The Morgan fingerprint density at radius 1 is 1.03 bits per heavy atom. The molecular formula is C27H34O6. The summed E-state index contributed by atoms with van der Waals surface area (Å²) in [6, 6.07) is 0. The van der Waals surface area contributed by atoms with E-state index in [4.69, 9.17) is 9.47 Å². The van der Waals surface area contributed by atoms with Crippen molar-refractivity contribution in [2.75, 3.05) is 0 Å². The molecule has 0 radical (unpaired) electrons. The van der Waals surface area contributed by atoms with Crippen molar-refractivity contribution in [1.29, 1.82) is 0 Å². The summed E-state index contributed by atoms with van der Waals surface area (Å²) in [6.07, 6.45) is 11.2. The van der Waals surface area contributed by atoms with Crippen molar-refractivity contribution >= 4 is 11.9 Å². The first-order valence-electron chi connectivity index (χ1n) is 12.0. The number of carbonyl (C=O) groups is 2. The summed E-state index contributed by atoms with van der Waals surface area (Å²) in [6.45, 7) is 7.15. The van der Waals surface area contributed by atoms with Gasteiger partial charge in [-0.3, -0.25) is 9.59 Å². The molecule has 0 aromatic heterocycles. The number of rotatable bonds is 0. The van der Waals surface area contributed by atoms with E-state index in [1.54, 1.807) is 0 Å². The zero-order chi connectivity index (χ0) is 24.0. The number of aliphatic hydroxyl groups is 2. The van der Waals surface area contributed by atoms with Crippen molar-refractivity contribution in [3.63, 3.8) is 0 Å². The Labute approximate surface area is 196 Å². The SMILES string of the molecule is CC(=O)OC#CC1CC2=CC[C@@H]3[C@@H](CC[C@]4(C)C(C#COC(C)=O)C(O)C[C@@H]34)[C@@]2(C)CC1O. The molecule has 3 fully saturated rings. The van der Waals surface area contributed by atoms with Gasteiger partial charge in [-0.1, -0.05) is 37.3 Å². The zero-order valence-corrected chi connectivity index (χ0v) is 19.9. The molecule has 0 aromatic rings. The Kier molecular flexibility index (Phi) is 6.38. The van der Waals surface area contributed by atoms with E-state index in [1.165, 1.54) is 19.4 Å². The Morgan fingerprint density at radius 3 is 2.36 bits per heavy atom. The van der Waals surface area contributed by atoms with Crippen LogP contribution in [0.4, 0.5) is 0 Å². The lowest BCUT2D eigenvalue weighted by atomic mass is 9.46. The standard InChI is InChI=1S/C27H34O6/c1-16(28)32-11-8-18-13-19-5-6-20-21(27(19,4)15-25(18)31)7-10-26(3)22(9-12-33-17(2)29)24(30)14-23(20)26/h5,18,20-25,30-31H,6-7,10,13-15H2,1-4H3/t18?,20-,21-,22?,23+,24?,25?,26-,27+/m1/s1. The highest BCUT2D eigenvalue weighted by molar-refractivity contribution is 5.67. The summed E-state index contributed by atoms with van der Waals surface area (Å²) < 4.78 is 9.61. The number of esters is 2. The van der Waals surface area contributed by atoms with Crippen LogP contribution in [-0.2, 0) is 19.1 Å². The number of carbonyl (C=O) groups excluding carboxylic acids is 2. The van der Waals surface area contributed by atoms with E-state index < -0.39 is 24.1 Å². The molecule has 2 N–H and O–H groups in total. The first-order valence-corrected chi connectivity index (χ1v) is 12.0. The van der Waals surface area contributed by atoms with Gasteiger partial charge in [-0.25, -0.2) is 0 Å². The molecule has 0 aliphatic heterocycles. The third-order valence-corrected chi connectivity index (χ3v) is 9.04. The lowest BCUT2D eigenvalue weighted by Crippen LogP contribution is -2.52. The summed E-state index contributed by atoms with van der Waals surface area (Å²) in [5.41, 5.74) is 1.13. The quantitative estimate of drug-likeness (QED) is 0.332. The maximum Gasteiger partial charge on any atom is 0.316 e. The van der Waals surface area contributed by atoms with Crippen molar-refractivity contribution < 1.29 is 29.3 Å². The predicted molar refractivity (Wildman–Crippen MR) is 121 cm³/mol. The summed E-state index contributed by atoms with van der Waals surface area (Å²) in [4.78, 5) is 22.1. The second-order valence-electron chi connectivity index (χ2n) is 10.8. The van der Waals surface area contributed by atoms with Crippen LogP contribution in [0.15, 0.2) is 11.6 Å². The molecule has 0 heterocycles. The highest BCUT2D eigenvalue weighted by atomic mass is 16.5. The van der Waals surface area contributed by atoms with Crippen LogP contribution >= 0.6 is 0 Å². The van der Waals surface area contributed by atoms with Crippen LogP contribution in [0, 0.1) is 64.5 Å². The van der Waals surface area contributed by atoms with Gasteiger partial charge in [-0.05, 0) is 67.1 Å². The fourth-order valence-electron chi connectivity index (χ4n) is 7.47. The van der Waals surface area contributed by atoms with Gasteiger partial charge in [0, 0.05) is 13.8 Å². The Bertz CT molecular complexity index is 976.